The Bertz CT molecular complexity index is 409. The quantitative estimate of drug-likeness (QED) is 0.908. The predicted octanol–water partition coefficient (Wildman–Crippen LogP) is 2.78. The van der Waals surface area contributed by atoms with Crippen LogP contribution in [0, 0.1) is 11.8 Å². The van der Waals surface area contributed by atoms with E-state index in [0.717, 1.165) is 31.6 Å². The highest BCUT2D eigenvalue weighted by Crippen LogP contribution is 2.41. The number of hydrogen-bond donors (Lipinski definition) is 1. The molecule has 1 fully saturated rings. The van der Waals surface area contributed by atoms with Gasteiger partial charge in [-0.2, -0.15) is 4.98 Å². The molecule has 1 atom stereocenters. The van der Waals surface area contributed by atoms with Crippen LogP contribution in [0.2, 0.25) is 0 Å². The summed E-state index contributed by atoms with van der Waals surface area (Å²) in [6.07, 6.45) is 4.16. The second-order valence-electron chi connectivity index (χ2n) is 6.11. The monoisotopic (exact) mass is 267 g/mol. The Morgan fingerprint density at radius 1 is 1.37 bits per heavy atom. The predicted molar refractivity (Wildman–Crippen MR) is 72.4 cm³/mol. The molecular formula is C14H25N3O2. The molecule has 0 saturated heterocycles. The van der Waals surface area contributed by atoms with Crippen molar-refractivity contribution in [3.63, 3.8) is 0 Å². The largest absolute Gasteiger partial charge is 0.370 e. The number of nitrogens with zero attached hydrogens (tertiary/aromatic N) is 2. The smallest absolute Gasteiger partial charge is 0.243 e. The van der Waals surface area contributed by atoms with Crippen LogP contribution in [0.5, 0.6) is 0 Å². The van der Waals surface area contributed by atoms with E-state index in [2.05, 4.69) is 17.1 Å². The molecule has 5 heteroatoms. The molecule has 0 unspecified atom stereocenters. The lowest BCUT2D eigenvalue weighted by Gasteiger charge is -2.35. The highest BCUT2D eigenvalue weighted by molar-refractivity contribution is 5.05. The van der Waals surface area contributed by atoms with Gasteiger partial charge in [-0.25, -0.2) is 0 Å². The molecular weight excluding hydrogens is 242 g/mol. The number of methoxy groups -OCH3 is 1. The van der Waals surface area contributed by atoms with E-state index in [1.54, 1.807) is 7.11 Å². The van der Waals surface area contributed by atoms with Gasteiger partial charge in [0.2, 0.25) is 11.7 Å². The third kappa shape index (κ3) is 2.82. The molecule has 1 heterocycles. The molecule has 1 aromatic heterocycles. The van der Waals surface area contributed by atoms with E-state index in [-0.39, 0.29) is 17.6 Å². The molecule has 1 aromatic rings. The summed E-state index contributed by atoms with van der Waals surface area (Å²) < 4.78 is 11.1. The highest BCUT2D eigenvalue weighted by atomic mass is 16.5. The Balaban J connectivity index is 2.20. The fourth-order valence-corrected chi connectivity index (χ4v) is 2.59. The molecule has 1 saturated carbocycles. The first kappa shape index (κ1) is 14.5. The highest BCUT2D eigenvalue weighted by Gasteiger charge is 2.40. The molecule has 108 valence electrons. The zero-order valence-corrected chi connectivity index (χ0v) is 12.3. The van der Waals surface area contributed by atoms with Crippen LogP contribution in [0.4, 0.5) is 0 Å². The van der Waals surface area contributed by atoms with E-state index < -0.39 is 0 Å². The van der Waals surface area contributed by atoms with E-state index in [4.69, 9.17) is 15.0 Å². The molecule has 2 rings (SSSR count). The maximum atomic E-state index is 6.05. The molecule has 1 aliphatic carbocycles. The molecule has 5 nitrogen and oxygen atoms in total. The van der Waals surface area contributed by atoms with Gasteiger partial charge < -0.3 is 15.0 Å². The number of hydrogen-bond acceptors (Lipinski definition) is 5. The third-order valence-electron chi connectivity index (χ3n) is 4.33. The van der Waals surface area contributed by atoms with Gasteiger partial charge in [0.15, 0.2) is 0 Å². The minimum Gasteiger partial charge on any atom is -0.370 e. The summed E-state index contributed by atoms with van der Waals surface area (Å²) in [7, 11) is 1.73. The van der Waals surface area contributed by atoms with Crippen LogP contribution in [0.15, 0.2) is 4.52 Å². The number of aromatic nitrogens is 2. The molecule has 0 bridgehead atoms. The van der Waals surface area contributed by atoms with Crippen molar-refractivity contribution in [2.45, 2.75) is 58.1 Å². The molecule has 2 N–H and O–H groups in total. The van der Waals surface area contributed by atoms with Gasteiger partial charge in [0.05, 0.1) is 6.04 Å². The SMILES string of the molecule is COC1(c2noc([C@H](N)C(C)C)n2)CCC(C)CC1. The van der Waals surface area contributed by atoms with Crippen molar-refractivity contribution in [2.75, 3.05) is 7.11 Å². The summed E-state index contributed by atoms with van der Waals surface area (Å²) in [6, 6.07) is -0.210. The summed E-state index contributed by atoms with van der Waals surface area (Å²) >= 11 is 0. The maximum Gasteiger partial charge on any atom is 0.243 e. The van der Waals surface area contributed by atoms with Crippen molar-refractivity contribution in [1.29, 1.82) is 0 Å². The Morgan fingerprint density at radius 3 is 2.53 bits per heavy atom. The van der Waals surface area contributed by atoms with Gasteiger partial charge in [-0.3, -0.25) is 0 Å². The minimum atomic E-state index is -0.384. The average Bonchev–Trinajstić information content (AvgIpc) is 2.89. The maximum absolute atomic E-state index is 6.05. The van der Waals surface area contributed by atoms with Crippen LogP contribution in [-0.4, -0.2) is 17.3 Å². The second-order valence-corrected chi connectivity index (χ2v) is 6.11. The van der Waals surface area contributed by atoms with Crippen molar-refractivity contribution in [3.05, 3.63) is 11.7 Å². The van der Waals surface area contributed by atoms with Crippen LogP contribution in [0.3, 0.4) is 0 Å². The Morgan fingerprint density at radius 2 is 2.00 bits per heavy atom. The van der Waals surface area contributed by atoms with Crippen molar-refractivity contribution in [3.8, 4) is 0 Å². The first-order valence-electron chi connectivity index (χ1n) is 7.13. The molecule has 19 heavy (non-hydrogen) atoms. The molecule has 0 aliphatic heterocycles. The molecule has 0 aromatic carbocycles. The lowest BCUT2D eigenvalue weighted by molar-refractivity contribution is -0.0609. The first-order chi connectivity index (χ1) is 8.98. The van der Waals surface area contributed by atoms with Crippen molar-refractivity contribution in [1.82, 2.24) is 10.1 Å². The summed E-state index contributed by atoms with van der Waals surface area (Å²) in [5.74, 6) is 2.19. The fraction of sp³-hybridized carbons (Fsp3) is 0.857. The third-order valence-corrected chi connectivity index (χ3v) is 4.33. The zero-order chi connectivity index (χ0) is 14.0. The minimum absolute atomic E-state index is 0.210. The van der Waals surface area contributed by atoms with Crippen molar-refractivity contribution >= 4 is 0 Å². The van der Waals surface area contributed by atoms with E-state index >= 15 is 0 Å². The van der Waals surface area contributed by atoms with Crippen LogP contribution in [0.1, 0.15) is 64.2 Å². The Hall–Kier alpha value is -0.940. The Labute approximate surface area is 114 Å². The van der Waals surface area contributed by atoms with Crippen LogP contribution in [-0.2, 0) is 10.3 Å². The first-order valence-corrected chi connectivity index (χ1v) is 7.13. The Kier molecular flexibility index (Phi) is 4.26. The van der Waals surface area contributed by atoms with Gasteiger partial charge in [-0.1, -0.05) is 25.9 Å². The van der Waals surface area contributed by atoms with Crippen LogP contribution < -0.4 is 5.73 Å². The molecule has 1 aliphatic rings. The van der Waals surface area contributed by atoms with Crippen LogP contribution >= 0.6 is 0 Å². The molecule has 0 amide bonds. The van der Waals surface area contributed by atoms with Gasteiger partial charge in [0, 0.05) is 7.11 Å². The van der Waals surface area contributed by atoms with E-state index in [1.165, 1.54) is 0 Å². The van der Waals surface area contributed by atoms with Gasteiger partial charge in [0.25, 0.3) is 0 Å². The molecule has 0 radical (unpaired) electrons. The van der Waals surface area contributed by atoms with E-state index in [1.807, 2.05) is 13.8 Å². The number of ether oxygens (including phenoxy) is 1. The number of rotatable bonds is 4. The second kappa shape index (κ2) is 5.59. The summed E-state index contributed by atoms with van der Waals surface area (Å²) in [5.41, 5.74) is 5.67. The van der Waals surface area contributed by atoms with E-state index in [0.29, 0.717) is 11.7 Å². The normalized spacial score (nSPS) is 29.7. The fourth-order valence-electron chi connectivity index (χ4n) is 2.59. The summed E-state index contributed by atoms with van der Waals surface area (Å²) in [5, 5.41) is 4.12. The van der Waals surface area contributed by atoms with Gasteiger partial charge in [-0.05, 0) is 37.5 Å². The summed E-state index contributed by atoms with van der Waals surface area (Å²) in [6.45, 7) is 6.36. The summed E-state index contributed by atoms with van der Waals surface area (Å²) in [4.78, 5) is 4.50. The topological polar surface area (TPSA) is 74.2 Å². The zero-order valence-electron chi connectivity index (χ0n) is 12.3. The van der Waals surface area contributed by atoms with Crippen LogP contribution in [0.25, 0.3) is 0 Å². The average molecular weight is 267 g/mol. The van der Waals surface area contributed by atoms with Crippen molar-refractivity contribution < 1.29 is 9.26 Å². The lowest BCUT2D eigenvalue weighted by atomic mass is 9.79. The lowest BCUT2D eigenvalue weighted by Crippen LogP contribution is -2.34. The van der Waals surface area contributed by atoms with Gasteiger partial charge >= 0.3 is 0 Å². The van der Waals surface area contributed by atoms with E-state index in [9.17, 15) is 0 Å². The number of nitrogens with two attached hydrogens (primary N) is 1. The van der Waals surface area contributed by atoms with Gasteiger partial charge in [-0.15, -0.1) is 0 Å². The van der Waals surface area contributed by atoms with Gasteiger partial charge in [0.1, 0.15) is 5.60 Å². The molecule has 0 spiro atoms. The van der Waals surface area contributed by atoms with Crippen molar-refractivity contribution in [2.24, 2.45) is 17.6 Å². The standard InChI is InChI=1S/C14H25N3O2/c1-9(2)11(15)12-16-13(17-19-12)14(18-4)7-5-10(3)6-8-14/h9-11H,5-8,15H2,1-4H3/t10?,11-,14?/m1/s1.